The predicted molar refractivity (Wildman–Crippen MR) is 115 cm³/mol. The van der Waals surface area contributed by atoms with E-state index < -0.39 is 0 Å². The lowest BCUT2D eigenvalue weighted by atomic mass is 9.91. The van der Waals surface area contributed by atoms with Crippen LogP contribution >= 0.6 is 0 Å². The van der Waals surface area contributed by atoms with Crippen molar-refractivity contribution >= 4 is 17.7 Å². The fourth-order valence-corrected chi connectivity index (χ4v) is 3.03. The molecule has 0 aromatic rings. The van der Waals surface area contributed by atoms with Gasteiger partial charge in [-0.15, -0.1) is 0 Å². The highest BCUT2D eigenvalue weighted by Gasteiger charge is 2.18. The van der Waals surface area contributed by atoms with E-state index >= 15 is 0 Å². The number of esters is 2. The Morgan fingerprint density at radius 3 is 1.57 bits per heavy atom. The van der Waals surface area contributed by atoms with Gasteiger partial charge in [-0.25, -0.2) is 0 Å². The Hall–Kier alpha value is -1.73. The molecule has 1 atom stereocenters. The van der Waals surface area contributed by atoms with Crippen molar-refractivity contribution in [3.63, 3.8) is 0 Å². The SMILES string of the molecule is C=C(CC)CC(CCOCCOCCC(CC(=O)OC)CC(=O)OC)CC(=O)CC. The molecular formula is C23H40O7. The van der Waals surface area contributed by atoms with Crippen molar-refractivity contribution in [1.29, 1.82) is 0 Å². The number of ketones is 1. The van der Waals surface area contributed by atoms with Gasteiger partial charge < -0.3 is 18.9 Å². The first-order valence-corrected chi connectivity index (χ1v) is 10.8. The fourth-order valence-electron chi connectivity index (χ4n) is 3.03. The van der Waals surface area contributed by atoms with Crippen LogP contribution in [0.3, 0.4) is 0 Å². The number of ether oxygens (including phenoxy) is 4. The smallest absolute Gasteiger partial charge is 0.305 e. The summed E-state index contributed by atoms with van der Waals surface area (Å²) in [5.41, 5.74) is 1.17. The molecule has 0 rings (SSSR count). The maximum atomic E-state index is 11.8. The van der Waals surface area contributed by atoms with Crippen LogP contribution in [0.4, 0.5) is 0 Å². The largest absolute Gasteiger partial charge is 0.469 e. The van der Waals surface area contributed by atoms with Crippen LogP contribution in [-0.4, -0.2) is 58.4 Å². The molecule has 0 saturated heterocycles. The van der Waals surface area contributed by atoms with E-state index in [1.807, 2.05) is 6.92 Å². The standard InChI is InChI=1S/C23H40O7/c1-6-18(3)14-19(15-21(24)7-2)8-10-29-12-13-30-11-9-20(16-22(25)27-4)17-23(26)28-5/h19-20H,3,6-17H2,1-2,4-5H3. The van der Waals surface area contributed by atoms with Crippen molar-refractivity contribution in [2.24, 2.45) is 11.8 Å². The van der Waals surface area contributed by atoms with Gasteiger partial charge in [0.15, 0.2) is 0 Å². The van der Waals surface area contributed by atoms with Crippen molar-refractivity contribution in [3.05, 3.63) is 12.2 Å². The maximum absolute atomic E-state index is 11.8. The summed E-state index contributed by atoms with van der Waals surface area (Å²) in [5.74, 6) is -0.318. The molecule has 7 heteroatoms. The number of allylic oxidation sites excluding steroid dienone is 1. The summed E-state index contributed by atoms with van der Waals surface area (Å²) in [4.78, 5) is 34.7. The van der Waals surface area contributed by atoms with Crippen LogP contribution in [0.2, 0.25) is 0 Å². The van der Waals surface area contributed by atoms with E-state index in [9.17, 15) is 14.4 Å². The molecule has 0 bridgehead atoms. The van der Waals surface area contributed by atoms with Gasteiger partial charge in [0.05, 0.1) is 27.4 Å². The average Bonchev–Trinajstić information content (AvgIpc) is 2.74. The lowest BCUT2D eigenvalue weighted by Crippen LogP contribution is -2.18. The summed E-state index contributed by atoms with van der Waals surface area (Å²) < 4.78 is 20.6. The van der Waals surface area contributed by atoms with Gasteiger partial charge in [-0.3, -0.25) is 14.4 Å². The number of carbonyl (C=O) groups is 3. The summed E-state index contributed by atoms with van der Waals surface area (Å²) in [7, 11) is 2.65. The highest BCUT2D eigenvalue weighted by Crippen LogP contribution is 2.21. The van der Waals surface area contributed by atoms with Gasteiger partial charge in [0.25, 0.3) is 0 Å². The van der Waals surface area contributed by atoms with Crippen LogP contribution in [0.5, 0.6) is 0 Å². The highest BCUT2D eigenvalue weighted by molar-refractivity contribution is 5.78. The summed E-state index contributed by atoms with van der Waals surface area (Å²) in [6, 6.07) is 0. The number of methoxy groups -OCH3 is 2. The van der Waals surface area contributed by atoms with E-state index in [0.29, 0.717) is 45.7 Å². The molecule has 0 fully saturated rings. The molecule has 0 aliphatic heterocycles. The van der Waals surface area contributed by atoms with E-state index in [1.165, 1.54) is 19.8 Å². The molecule has 0 aliphatic carbocycles. The van der Waals surface area contributed by atoms with Crippen LogP contribution in [-0.2, 0) is 33.3 Å². The second kappa shape index (κ2) is 18.1. The number of Topliss-reactive ketones (excluding diaryl/α,β-unsaturated/α-hetero) is 1. The van der Waals surface area contributed by atoms with Gasteiger partial charge in [-0.1, -0.05) is 26.0 Å². The Labute approximate surface area is 181 Å². The number of rotatable bonds is 19. The van der Waals surface area contributed by atoms with Crippen LogP contribution in [0, 0.1) is 11.8 Å². The molecular weight excluding hydrogens is 388 g/mol. The van der Waals surface area contributed by atoms with Crippen LogP contribution in [0.15, 0.2) is 12.2 Å². The van der Waals surface area contributed by atoms with Crippen LogP contribution in [0.1, 0.15) is 65.2 Å². The monoisotopic (exact) mass is 428 g/mol. The van der Waals surface area contributed by atoms with E-state index in [4.69, 9.17) is 9.47 Å². The van der Waals surface area contributed by atoms with Crippen molar-refractivity contribution in [1.82, 2.24) is 0 Å². The van der Waals surface area contributed by atoms with E-state index in [0.717, 1.165) is 19.3 Å². The van der Waals surface area contributed by atoms with Gasteiger partial charge in [0.2, 0.25) is 0 Å². The average molecular weight is 429 g/mol. The van der Waals surface area contributed by atoms with Gasteiger partial charge in [0, 0.05) is 38.9 Å². The topological polar surface area (TPSA) is 88.1 Å². The minimum absolute atomic E-state index is 0.159. The molecule has 1 unspecified atom stereocenters. The van der Waals surface area contributed by atoms with Crippen LogP contribution < -0.4 is 0 Å². The lowest BCUT2D eigenvalue weighted by molar-refractivity contribution is -0.144. The summed E-state index contributed by atoms with van der Waals surface area (Å²) >= 11 is 0. The molecule has 174 valence electrons. The molecule has 0 spiro atoms. The molecule has 7 nitrogen and oxygen atoms in total. The zero-order valence-corrected chi connectivity index (χ0v) is 19.2. The second-order valence-corrected chi connectivity index (χ2v) is 7.50. The third-order valence-corrected chi connectivity index (χ3v) is 5.07. The molecule has 0 radical (unpaired) electrons. The molecule has 0 amide bonds. The van der Waals surface area contributed by atoms with Crippen molar-refractivity contribution < 1.29 is 33.3 Å². The minimum atomic E-state index is -0.353. The lowest BCUT2D eigenvalue weighted by Gasteiger charge is -2.17. The Kier molecular flexibility index (Phi) is 17.0. The molecule has 0 aromatic heterocycles. The van der Waals surface area contributed by atoms with Gasteiger partial charge in [0.1, 0.15) is 5.78 Å². The number of hydrogen-bond donors (Lipinski definition) is 0. The molecule has 0 aliphatic rings. The fraction of sp³-hybridized carbons (Fsp3) is 0.783. The normalized spacial score (nSPS) is 11.9. The number of carbonyl (C=O) groups excluding carboxylic acids is 3. The maximum Gasteiger partial charge on any atom is 0.305 e. The zero-order chi connectivity index (χ0) is 22.8. The van der Waals surface area contributed by atoms with Crippen molar-refractivity contribution in [2.75, 3.05) is 40.6 Å². The summed E-state index contributed by atoms with van der Waals surface area (Å²) in [5, 5.41) is 0. The van der Waals surface area contributed by atoms with Gasteiger partial charge in [-0.05, 0) is 37.5 Å². The van der Waals surface area contributed by atoms with E-state index in [1.54, 1.807) is 0 Å². The van der Waals surface area contributed by atoms with E-state index in [2.05, 4.69) is 23.0 Å². The molecule has 0 heterocycles. The third kappa shape index (κ3) is 15.2. The summed E-state index contributed by atoms with van der Waals surface area (Å²) in [6.45, 7) is 9.92. The third-order valence-electron chi connectivity index (χ3n) is 5.07. The van der Waals surface area contributed by atoms with Gasteiger partial charge in [-0.2, -0.15) is 0 Å². The Morgan fingerprint density at radius 2 is 1.17 bits per heavy atom. The first-order chi connectivity index (χ1) is 14.4. The zero-order valence-electron chi connectivity index (χ0n) is 19.2. The minimum Gasteiger partial charge on any atom is -0.469 e. The molecule has 30 heavy (non-hydrogen) atoms. The molecule has 0 aromatic carbocycles. The first-order valence-electron chi connectivity index (χ1n) is 10.8. The Balaban J connectivity index is 4.07. The molecule has 0 N–H and O–H groups in total. The molecule has 0 saturated carbocycles. The second-order valence-electron chi connectivity index (χ2n) is 7.50. The van der Waals surface area contributed by atoms with Crippen molar-refractivity contribution in [2.45, 2.75) is 65.2 Å². The Bertz CT molecular complexity index is 434. The van der Waals surface area contributed by atoms with Gasteiger partial charge >= 0.3 is 11.9 Å². The predicted octanol–water partition coefficient (Wildman–Crippen LogP) is 3.88. The van der Waals surface area contributed by atoms with E-state index in [-0.39, 0.29) is 42.4 Å². The quantitative estimate of drug-likeness (QED) is 0.175. The Morgan fingerprint density at radius 1 is 0.700 bits per heavy atom. The first kappa shape index (κ1) is 28.3. The number of hydrogen-bond acceptors (Lipinski definition) is 7. The highest BCUT2D eigenvalue weighted by atomic mass is 16.5. The van der Waals surface area contributed by atoms with Crippen molar-refractivity contribution in [3.8, 4) is 0 Å². The summed E-state index contributed by atoms with van der Waals surface area (Å²) in [6.07, 6.45) is 4.64. The van der Waals surface area contributed by atoms with Crippen LogP contribution in [0.25, 0.3) is 0 Å².